The molecule has 0 aromatic heterocycles. The molecule has 1 unspecified atom stereocenters. The molecule has 3 atom stereocenters. The molecule has 0 aliphatic carbocycles. The Morgan fingerprint density at radius 1 is 1.62 bits per heavy atom. The van der Waals surface area contributed by atoms with Gasteiger partial charge in [-0.15, -0.1) is 0 Å². The number of rotatable bonds is 3. The van der Waals surface area contributed by atoms with Gasteiger partial charge in [0.15, 0.2) is 0 Å². The fraction of sp³-hybridized carbons (Fsp3) is 0.364. The van der Waals surface area contributed by atoms with Crippen LogP contribution in [0.2, 0.25) is 0 Å². The molecule has 1 N–H and O–H groups in total. The summed E-state index contributed by atoms with van der Waals surface area (Å²) in [5.74, 6) is -1.27. The van der Waals surface area contributed by atoms with Gasteiger partial charge in [-0.25, -0.2) is 0 Å². The average Bonchev–Trinajstić information content (AvgIpc) is 2.29. The maximum absolute atomic E-state index is 9.92. The Labute approximate surface area is 84.1 Å². The molecule has 1 aromatic carbocycles. The van der Waals surface area contributed by atoms with E-state index in [1.54, 1.807) is 36.4 Å². The van der Waals surface area contributed by atoms with E-state index in [1.165, 1.54) is 0 Å². The largest absolute Gasteiger partial charge is 0.387 e. The Bertz CT molecular complexity index is 398. The van der Waals surface area contributed by atoms with E-state index in [0.29, 0.717) is 5.56 Å². The molecule has 2 nitrogen and oxygen atoms in total. The van der Waals surface area contributed by atoms with Crippen LogP contribution in [0.3, 0.4) is 0 Å². The average molecular weight is 179 g/mol. The molecular weight excluding hydrogens is 162 g/mol. The van der Waals surface area contributed by atoms with E-state index in [9.17, 15) is 5.11 Å². The summed E-state index contributed by atoms with van der Waals surface area (Å²) in [5, 5.41) is 18.8. The topological polar surface area (TPSA) is 44.0 Å². The second-order valence-electron chi connectivity index (χ2n) is 2.68. The van der Waals surface area contributed by atoms with Crippen LogP contribution in [-0.2, 0) is 0 Å². The number of hydrogen-bond acceptors (Lipinski definition) is 2. The summed E-state index contributed by atoms with van der Waals surface area (Å²) in [4.78, 5) is 0. The van der Waals surface area contributed by atoms with Gasteiger partial charge in [-0.3, -0.25) is 0 Å². The summed E-state index contributed by atoms with van der Waals surface area (Å²) < 4.78 is 28.8. The van der Waals surface area contributed by atoms with Gasteiger partial charge in [-0.1, -0.05) is 37.2 Å². The van der Waals surface area contributed by atoms with Gasteiger partial charge < -0.3 is 5.11 Å². The minimum Gasteiger partial charge on any atom is -0.387 e. The van der Waals surface area contributed by atoms with Crippen molar-refractivity contribution in [2.75, 3.05) is 0 Å². The highest BCUT2D eigenvalue weighted by molar-refractivity contribution is 5.19. The van der Waals surface area contributed by atoms with Crippen LogP contribution in [0.1, 0.15) is 30.4 Å². The first-order chi connectivity index (χ1) is 7.88. The lowest BCUT2D eigenvalue weighted by Crippen LogP contribution is -2.09. The molecule has 0 saturated heterocycles. The molecule has 1 rings (SSSR count). The van der Waals surface area contributed by atoms with Crippen molar-refractivity contribution in [3.8, 4) is 6.07 Å². The van der Waals surface area contributed by atoms with Gasteiger partial charge in [0.1, 0.15) is 0 Å². The van der Waals surface area contributed by atoms with Crippen LogP contribution >= 0.6 is 0 Å². The van der Waals surface area contributed by atoms with Gasteiger partial charge in [-0.2, -0.15) is 5.26 Å². The minimum absolute atomic E-state index is 0.445. The third kappa shape index (κ3) is 2.30. The normalized spacial score (nSPS) is 22.5. The van der Waals surface area contributed by atoms with Crippen molar-refractivity contribution in [2.24, 2.45) is 5.92 Å². The third-order valence-corrected chi connectivity index (χ3v) is 1.81. The van der Waals surface area contributed by atoms with E-state index in [1.807, 2.05) is 0 Å². The monoisotopic (exact) mass is 179 g/mol. The molecule has 68 valence electrons. The Morgan fingerprint density at radius 3 is 2.85 bits per heavy atom. The Kier molecular flexibility index (Phi) is 1.93. The Hall–Kier alpha value is -1.33. The van der Waals surface area contributed by atoms with Gasteiger partial charge in [0.2, 0.25) is 0 Å². The first-order valence-electron chi connectivity index (χ1n) is 6.00. The number of aliphatic hydroxyl groups excluding tert-OH is 1. The van der Waals surface area contributed by atoms with E-state index in [4.69, 9.17) is 10.7 Å². The molecule has 0 aliphatic rings. The van der Waals surface area contributed by atoms with Gasteiger partial charge >= 0.3 is 0 Å². The molecule has 2 heteroatoms. The zero-order valence-electron chi connectivity index (χ0n) is 11.0. The van der Waals surface area contributed by atoms with E-state index in [0.717, 1.165) is 0 Å². The summed E-state index contributed by atoms with van der Waals surface area (Å²) in [6.07, 6.45) is -2.88. The summed E-state index contributed by atoms with van der Waals surface area (Å²) in [5.41, 5.74) is 0.445. The first kappa shape index (κ1) is 5.41. The van der Waals surface area contributed by atoms with E-state index in [2.05, 4.69) is 0 Å². The van der Waals surface area contributed by atoms with Gasteiger partial charge in [-0.05, 0) is 12.0 Å². The van der Waals surface area contributed by atoms with Gasteiger partial charge in [0.05, 0.1) is 18.1 Å². The molecule has 0 amide bonds. The number of hydrogen-bond donors (Lipinski definition) is 1. The lowest BCUT2D eigenvalue weighted by atomic mass is 9.95. The summed E-state index contributed by atoms with van der Waals surface area (Å²) >= 11 is 0. The van der Waals surface area contributed by atoms with Crippen molar-refractivity contribution in [2.45, 2.75) is 19.4 Å². The maximum Gasteiger partial charge on any atom is 0.0948 e. The van der Waals surface area contributed by atoms with Crippen molar-refractivity contribution >= 4 is 0 Å². The molecule has 0 fully saturated rings. The highest BCUT2D eigenvalue weighted by Crippen LogP contribution is 2.23. The molecule has 13 heavy (non-hydrogen) atoms. The van der Waals surface area contributed by atoms with Crippen LogP contribution in [0.5, 0.6) is 0 Å². The lowest BCUT2D eigenvalue weighted by molar-refractivity contribution is 0.133. The molecule has 0 radical (unpaired) electrons. The van der Waals surface area contributed by atoms with Crippen LogP contribution in [0.15, 0.2) is 30.3 Å². The van der Waals surface area contributed by atoms with Crippen molar-refractivity contribution in [3.63, 3.8) is 0 Å². The standard InChI is InChI=1S/C11H13NO/c1-2-9(8-12)11(13)10-6-4-3-5-7-10/h3-7,9,11,13H,2H2,1H3/t9-,11-/m1/s1/i1D3,2D/t2?,9-,11-. The first-order valence-corrected chi connectivity index (χ1v) is 3.93. The zero-order chi connectivity index (χ0) is 13.1. The van der Waals surface area contributed by atoms with E-state index in [-0.39, 0.29) is 0 Å². The minimum atomic E-state index is -2.57. The van der Waals surface area contributed by atoms with E-state index < -0.39 is 25.3 Å². The van der Waals surface area contributed by atoms with Crippen LogP contribution in [0.25, 0.3) is 0 Å². The molecule has 0 saturated carbocycles. The summed E-state index contributed by atoms with van der Waals surface area (Å²) in [6, 6.07) is 10.0. The second kappa shape index (κ2) is 4.64. The smallest absolute Gasteiger partial charge is 0.0948 e. The number of benzene rings is 1. The number of aliphatic hydroxyl groups is 1. The molecule has 1 aromatic rings. The van der Waals surface area contributed by atoms with Crippen molar-refractivity contribution in [1.29, 1.82) is 5.26 Å². The van der Waals surface area contributed by atoms with Crippen molar-refractivity contribution in [1.82, 2.24) is 0 Å². The number of nitriles is 1. The fourth-order valence-electron chi connectivity index (χ4n) is 1.06. The van der Waals surface area contributed by atoms with Crippen LogP contribution in [0, 0.1) is 17.2 Å². The fourth-order valence-corrected chi connectivity index (χ4v) is 1.06. The molecule has 0 aliphatic heterocycles. The van der Waals surface area contributed by atoms with Crippen LogP contribution in [-0.4, -0.2) is 5.11 Å². The maximum atomic E-state index is 9.92. The van der Waals surface area contributed by atoms with Crippen molar-refractivity contribution in [3.05, 3.63) is 35.9 Å². The second-order valence-corrected chi connectivity index (χ2v) is 2.68. The summed E-state index contributed by atoms with van der Waals surface area (Å²) in [6.45, 7) is -2.57. The molecule has 0 bridgehead atoms. The van der Waals surface area contributed by atoms with Crippen molar-refractivity contribution < 1.29 is 10.6 Å². The molecule has 0 spiro atoms. The molecule has 0 heterocycles. The van der Waals surface area contributed by atoms with Gasteiger partial charge in [0, 0.05) is 5.48 Å². The predicted molar refractivity (Wildman–Crippen MR) is 50.8 cm³/mol. The SMILES string of the molecule is [2H]C([C@H](C#N)[C@@H](O)c1ccccc1)C([2H])([2H])[2H]. The zero-order valence-corrected chi connectivity index (χ0v) is 7.01. The number of nitrogens with zero attached hydrogens (tertiary/aromatic N) is 1. The highest BCUT2D eigenvalue weighted by Gasteiger charge is 2.17. The quantitative estimate of drug-likeness (QED) is 0.773. The van der Waals surface area contributed by atoms with Crippen LogP contribution in [0.4, 0.5) is 0 Å². The molecular formula is C11H13NO. The third-order valence-electron chi connectivity index (χ3n) is 1.81. The Morgan fingerprint density at radius 2 is 2.31 bits per heavy atom. The lowest BCUT2D eigenvalue weighted by Gasteiger charge is -2.14. The predicted octanol–water partition coefficient (Wildman–Crippen LogP) is 2.27. The summed E-state index contributed by atoms with van der Waals surface area (Å²) in [7, 11) is 0. The highest BCUT2D eigenvalue weighted by atomic mass is 16.3. The van der Waals surface area contributed by atoms with E-state index >= 15 is 0 Å². The van der Waals surface area contributed by atoms with Gasteiger partial charge in [0.25, 0.3) is 0 Å². The van der Waals surface area contributed by atoms with Crippen LogP contribution < -0.4 is 0 Å². The Balaban J connectivity index is 2.94.